The summed E-state index contributed by atoms with van der Waals surface area (Å²) in [5, 5.41) is 19.0. The Bertz CT molecular complexity index is 736. The second-order valence-electron chi connectivity index (χ2n) is 4.69. The highest BCUT2D eigenvalue weighted by Crippen LogP contribution is 2.24. The fraction of sp³-hybridized carbons (Fsp3) is 0.200. The minimum Gasteiger partial charge on any atom is -0.508 e. The van der Waals surface area contributed by atoms with Crippen molar-refractivity contribution < 1.29 is 5.11 Å². The molecule has 0 unspecified atom stereocenters. The Balaban J connectivity index is 1.77. The van der Waals surface area contributed by atoms with Crippen LogP contribution in [0.2, 0.25) is 0 Å². The number of nitrogens with one attached hydrogen (secondary N) is 1. The predicted octanol–water partition coefficient (Wildman–Crippen LogP) is 2.33. The van der Waals surface area contributed by atoms with Crippen LogP contribution >= 0.6 is 0 Å². The van der Waals surface area contributed by atoms with Gasteiger partial charge in [-0.05, 0) is 29.7 Å². The average molecular weight is 268 g/mol. The molecular formula is C15H16N4O. The van der Waals surface area contributed by atoms with Gasteiger partial charge in [0.25, 0.3) is 0 Å². The summed E-state index contributed by atoms with van der Waals surface area (Å²) in [6.07, 6.45) is 4.43. The van der Waals surface area contributed by atoms with Crippen LogP contribution in [-0.4, -0.2) is 26.4 Å². The number of aromatic hydroxyl groups is 1. The van der Waals surface area contributed by atoms with E-state index in [9.17, 15) is 5.11 Å². The first-order valence-corrected chi connectivity index (χ1v) is 6.52. The van der Waals surface area contributed by atoms with Crippen LogP contribution in [-0.2, 0) is 13.5 Å². The van der Waals surface area contributed by atoms with E-state index in [1.54, 1.807) is 24.5 Å². The lowest BCUT2D eigenvalue weighted by Gasteiger charge is -2.09. The highest BCUT2D eigenvalue weighted by atomic mass is 16.3. The molecule has 0 amide bonds. The van der Waals surface area contributed by atoms with E-state index in [2.05, 4.69) is 15.4 Å². The summed E-state index contributed by atoms with van der Waals surface area (Å²) in [5.74, 6) is 1.04. The molecule has 2 heterocycles. The number of rotatable bonds is 4. The molecule has 20 heavy (non-hydrogen) atoms. The fourth-order valence-electron chi connectivity index (χ4n) is 2.25. The Kier molecular flexibility index (Phi) is 3.25. The molecule has 0 aliphatic rings. The van der Waals surface area contributed by atoms with Gasteiger partial charge in [0, 0.05) is 43.5 Å². The van der Waals surface area contributed by atoms with Crippen molar-refractivity contribution in [1.29, 1.82) is 0 Å². The number of fused-ring (bicyclic) bond motifs is 1. The Labute approximate surface area is 116 Å². The summed E-state index contributed by atoms with van der Waals surface area (Å²) < 4.78 is 1.87. The number of pyridine rings is 1. The van der Waals surface area contributed by atoms with Gasteiger partial charge in [-0.15, -0.1) is 0 Å². The van der Waals surface area contributed by atoms with Gasteiger partial charge in [0.05, 0.1) is 0 Å². The van der Waals surface area contributed by atoms with Crippen LogP contribution in [0.1, 0.15) is 5.69 Å². The zero-order valence-electron chi connectivity index (χ0n) is 11.2. The van der Waals surface area contributed by atoms with Gasteiger partial charge in [0.15, 0.2) is 0 Å². The number of benzene rings is 1. The van der Waals surface area contributed by atoms with Crippen molar-refractivity contribution in [2.45, 2.75) is 6.42 Å². The Morgan fingerprint density at radius 1 is 1.20 bits per heavy atom. The first kappa shape index (κ1) is 12.5. The summed E-state index contributed by atoms with van der Waals surface area (Å²) in [5.41, 5.74) is 1.17. The highest BCUT2D eigenvalue weighted by molar-refractivity contribution is 5.92. The second-order valence-corrected chi connectivity index (χ2v) is 4.69. The largest absolute Gasteiger partial charge is 0.508 e. The van der Waals surface area contributed by atoms with Crippen molar-refractivity contribution >= 4 is 16.6 Å². The molecule has 5 nitrogen and oxygen atoms in total. The second kappa shape index (κ2) is 5.21. The highest BCUT2D eigenvalue weighted by Gasteiger charge is 2.04. The van der Waals surface area contributed by atoms with Gasteiger partial charge in [-0.2, -0.15) is 5.10 Å². The predicted molar refractivity (Wildman–Crippen MR) is 78.8 cm³/mol. The standard InChI is InChI=1S/C15H16N4O/c1-19-12(6-9-18-19)5-8-17-15-14-10-13(20)3-2-11(14)4-7-16-15/h2-4,6-7,9-10,20H,5,8H2,1H3,(H,16,17). The Morgan fingerprint density at radius 2 is 2.10 bits per heavy atom. The molecule has 0 aliphatic carbocycles. The van der Waals surface area contributed by atoms with Crippen LogP contribution in [0.3, 0.4) is 0 Å². The van der Waals surface area contributed by atoms with Crippen molar-refractivity contribution in [3.8, 4) is 5.75 Å². The van der Waals surface area contributed by atoms with Crippen molar-refractivity contribution in [2.24, 2.45) is 7.05 Å². The molecule has 0 radical (unpaired) electrons. The summed E-state index contributed by atoms with van der Waals surface area (Å²) in [6.45, 7) is 0.765. The smallest absolute Gasteiger partial charge is 0.133 e. The number of hydrogen-bond acceptors (Lipinski definition) is 4. The number of hydrogen-bond donors (Lipinski definition) is 2. The number of phenolic OH excluding ortho intramolecular Hbond substituents is 1. The van der Waals surface area contributed by atoms with E-state index in [1.807, 2.05) is 29.9 Å². The quantitative estimate of drug-likeness (QED) is 0.762. The van der Waals surface area contributed by atoms with Gasteiger partial charge >= 0.3 is 0 Å². The number of anilines is 1. The van der Waals surface area contributed by atoms with E-state index in [0.29, 0.717) is 0 Å². The first-order chi connectivity index (χ1) is 9.74. The van der Waals surface area contributed by atoms with E-state index in [0.717, 1.165) is 29.6 Å². The molecule has 0 saturated heterocycles. The van der Waals surface area contributed by atoms with Crippen LogP contribution in [0.5, 0.6) is 5.75 Å². The average Bonchev–Trinajstić information content (AvgIpc) is 2.85. The molecule has 0 spiro atoms. The zero-order chi connectivity index (χ0) is 13.9. The maximum Gasteiger partial charge on any atom is 0.133 e. The number of phenols is 1. The van der Waals surface area contributed by atoms with E-state index in [1.165, 1.54) is 5.69 Å². The van der Waals surface area contributed by atoms with Crippen molar-refractivity contribution in [2.75, 3.05) is 11.9 Å². The van der Waals surface area contributed by atoms with Crippen LogP contribution in [0.15, 0.2) is 42.7 Å². The molecule has 102 valence electrons. The van der Waals surface area contributed by atoms with Gasteiger partial charge in [0.1, 0.15) is 11.6 Å². The van der Waals surface area contributed by atoms with E-state index in [4.69, 9.17) is 0 Å². The first-order valence-electron chi connectivity index (χ1n) is 6.52. The van der Waals surface area contributed by atoms with E-state index < -0.39 is 0 Å². The summed E-state index contributed by atoms with van der Waals surface area (Å²) in [4.78, 5) is 4.34. The molecule has 1 aromatic carbocycles. The lowest BCUT2D eigenvalue weighted by molar-refractivity contribution is 0.476. The topological polar surface area (TPSA) is 63.0 Å². The molecule has 2 aromatic heterocycles. The monoisotopic (exact) mass is 268 g/mol. The van der Waals surface area contributed by atoms with E-state index >= 15 is 0 Å². The summed E-state index contributed by atoms with van der Waals surface area (Å²) in [7, 11) is 1.93. The van der Waals surface area contributed by atoms with Crippen molar-refractivity contribution in [1.82, 2.24) is 14.8 Å². The minimum atomic E-state index is 0.250. The molecule has 2 N–H and O–H groups in total. The summed E-state index contributed by atoms with van der Waals surface area (Å²) in [6, 6.07) is 9.24. The van der Waals surface area contributed by atoms with Gasteiger partial charge in [0.2, 0.25) is 0 Å². The lowest BCUT2D eigenvalue weighted by atomic mass is 10.1. The van der Waals surface area contributed by atoms with E-state index in [-0.39, 0.29) is 5.75 Å². The molecule has 0 saturated carbocycles. The third kappa shape index (κ3) is 2.42. The molecular weight excluding hydrogens is 252 g/mol. The van der Waals surface area contributed by atoms with Gasteiger partial charge in [-0.3, -0.25) is 4.68 Å². The van der Waals surface area contributed by atoms with Crippen LogP contribution in [0.4, 0.5) is 5.82 Å². The van der Waals surface area contributed by atoms with Crippen molar-refractivity contribution in [3.63, 3.8) is 0 Å². The van der Waals surface area contributed by atoms with Gasteiger partial charge < -0.3 is 10.4 Å². The fourth-order valence-corrected chi connectivity index (χ4v) is 2.25. The summed E-state index contributed by atoms with van der Waals surface area (Å²) >= 11 is 0. The van der Waals surface area contributed by atoms with Crippen molar-refractivity contribution in [3.05, 3.63) is 48.4 Å². The maximum atomic E-state index is 9.60. The molecule has 5 heteroatoms. The zero-order valence-corrected chi connectivity index (χ0v) is 11.2. The van der Waals surface area contributed by atoms with Crippen LogP contribution < -0.4 is 5.32 Å². The number of aromatic nitrogens is 3. The third-order valence-electron chi connectivity index (χ3n) is 3.35. The number of nitrogens with zero attached hydrogens (tertiary/aromatic N) is 3. The SMILES string of the molecule is Cn1nccc1CCNc1nccc2ccc(O)cc12. The normalized spacial score (nSPS) is 10.8. The molecule has 0 fully saturated rings. The van der Waals surface area contributed by atoms with Gasteiger partial charge in [-0.1, -0.05) is 6.07 Å². The molecule has 0 atom stereocenters. The molecule has 3 rings (SSSR count). The maximum absolute atomic E-state index is 9.60. The molecule has 3 aromatic rings. The minimum absolute atomic E-state index is 0.250. The number of aryl methyl sites for hydroxylation is 1. The lowest BCUT2D eigenvalue weighted by Crippen LogP contribution is -2.09. The third-order valence-corrected chi connectivity index (χ3v) is 3.35. The van der Waals surface area contributed by atoms with Crippen LogP contribution in [0.25, 0.3) is 10.8 Å². The molecule has 0 aliphatic heterocycles. The molecule has 0 bridgehead atoms. The van der Waals surface area contributed by atoms with Crippen LogP contribution in [0, 0.1) is 0 Å². The van der Waals surface area contributed by atoms with Gasteiger partial charge in [-0.25, -0.2) is 4.98 Å². The Hall–Kier alpha value is -2.56. The Morgan fingerprint density at radius 3 is 2.90 bits per heavy atom.